The Morgan fingerprint density at radius 2 is 1.93 bits per heavy atom. The van der Waals surface area contributed by atoms with Crippen LogP contribution in [0.4, 0.5) is 10.5 Å². The molecule has 1 saturated heterocycles. The number of carbonyl (C=O) groups is 1. The van der Waals surface area contributed by atoms with Crippen molar-refractivity contribution in [2.75, 3.05) is 25.3 Å². The third-order valence-electron chi connectivity index (χ3n) is 5.87. The highest BCUT2D eigenvalue weighted by atomic mass is 16.7. The minimum absolute atomic E-state index is 0.0535. The lowest BCUT2D eigenvalue weighted by Crippen LogP contribution is -2.43. The maximum Gasteiger partial charge on any atom is 0.410 e. The molecule has 4 aliphatic rings. The number of hydrogen-bond donors (Lipinski definition) is 1. The van der Waals surface area contributed by atoms with Crippen LogP contribution >= 0.6 is 0 Å². The van der Waals surface area contributed by atoms with Crippen molar-refractivity contribution in [1.82, 2.24) is 4.90 Å². The molecule has 2 aromatic carbocycles. The van der Waals surface area contributed by atoms with Gasteiger partial charge in [0.05, 0.1) is 12.1 Å². The van der Waals surface area contributed by atoms with Crippen molar-refractivity contribution >= 4 is 17.4 Å². The quantitative estimate of drug-likeness (QED) is 0.841. The predicted octanol–water partition coefficient (Wildman–Crippen LogP) is 3.56. The van der Waals surface area contributed by atoms with Crippen molar-refractivity contribution in [3.8, 4) is 11.5 Å². The number of hydrogen-bond acceptors (Lipinski definition) is 5. The van der Waals surface area contributed by atoms with Crippen LogP contribution in [0.15, 0.2) is 48.0 Å². The van der Waals surface area contributed by atoms with Gasteiger partial charge in [-0.2, -0.15) is 0 Å². The van der Waals surface area contributed by atoms with Gasteiger partial charge in [-0.25, -0.2) is 4.79 Å². The molecule has 6 rings (SSSR count). The molecule has 136 valence electrons. The van der Waals surface area contributed by atoms with Gasteiger partial charge < -0.3 is 19.5 Å². The molecule has 4 heterocycles. The number of cyclic esters (lactones) is 1. The molecule has 1 fully saturated rings. The number of carbonyl (C=O) groups excluding carboxylic acids is 1. The fraction of sp³-hybridized carbons (Fsp3) is 0.286. The summed E-state index contributed by atoms with van der Waals surface area (Å²) in [6.45, 7) is 1.38. The van der Waals surface area contributed by atoms with E-state index in [-0.39, 0.29) is 25.0 Å². The zero-order valence-corrected chi connectivity index (χ0v) is 14.6. The van der Waals surface area contributed by atoms with Gasteiger partial charge in [-0.15, -0.1) is 0 Å². The summed E-state index contributed by atoms with van der Waals surface area (Å²) in [6, 6.07) is 14.2. The van der Waals surface area contributed by atoms with E-state index in [1.165, 1.54) is 16.7 Å². The lowest BCUT2D eigenvalue weighted by atomic mass is 9.80. The smallest absolute Gasteiger partial charge is 0.410 e. The summed E-state index contributed by atoms with van der Waals surface area (Å²) in [5, 5.41) is 3.52. The van der Waals surface area contributed by atoms with Gasteiger partial charge in [-0.1, -0.05) is 24.3 Å². The number of fused-ring (bicyclic) bond motifs is 4. The van der Waals surface area contributed by atoms with E-state index >= 15 is 0 Å². The number of anilines is 1. The number of nitrogens with zero attached hydrogens (tertiary/aromatic N) is 1. The summed E-state index contributed by atoms with van der Waals surface area (Å²) in [4.78, 5) is 14.4. The summed E-state index contributed by atoms with van der Waals surface area (Å²) in [6.07, 6.45) is 0.578. The van der Waals surface area contributed by atoms with Crippen LogP contribution in [0, 0.1) is 0 Å². The molecule has 0 spiro atoms. The van der Waals surface area contributed by atoms with E-state index in [4.69, 9.17) is 14.2 Å². The Balaban J connectivity index is 1.54. The van der Waals surface area contributed by atoms with Crippen LogP contribution in [0.2, 0.25) is 0 Å². The SMILES string of the molecule is O=C1OCC2CC3=C(CNc4ccccc43)C(c3ccc4c(c3)OCO4)N12. The topological polar surface area (TPSA) is 60.0 Å². The first-order valence-electron chi connectivity index (χ1n) is 9.19. The van der Waals surface area contributed by atoms with E-state index in [1.807, 2.05) is 29.2 Å². The van der Waals surface area contributed by atoms with Crippen LogP contribution in [-0.2, 0) is 4.74 Å². The van der Waals surface area contributed by atoms with Crippen LogP contribution in [0.3, 0.4) is 0 Å². The molecular formula is C21H18N2O4. The molecule has 1 N–H and O–H groups in total. The summed E-state index contributed by atoms with van der Waals surface area (Å²) in [5.74, 6) is 1.48. The molecule has 2 atom stereocenters. The van der Waals surface area contributed by atoms with Gasteiger partial charge in [0, 0.05) is 17.8 Å². The number of nitrogens with one attached hydrogen (secondary N) is 1. The first kappa shape index (κ1) is 15.0. The van der Waals surface area contributed by atoms with E-state index in [0.29, 0.717) is 13.2 Å². The maximum atomic E-state index is 12.6. The second-order valence-corrected chi connectivity index (χ2v) is 7.26. The average molecular weight is 362 g/mol. The molecule has 0 radical (unpaired) electrons. The fourth-order valence-corrected chi connectivity index (χ4v) is 4.67. The van der Waals surface area contributed by atoms with Crippen molar-refractivity contribution in [1.29, 1.82) is 0 Å². The maximum absolute atomic E-state index is 12.6. The Morgan fingerprint density at radius 3 is 2.89 bits per heavy atom. The van der Waals surface area contributed by atoms with Gasteiger partial charge in [0.1, 0.15) is 6.61 Å². The van der Waals surface area contributed by atoms with E-state index in [0.717, 1.165) is 29.2 Å². The molecule has 6 heteroatoms. The Kier molecular flexibility index (Phi) is 3.01. The lowest BCUT2D eigenvalue weighted by molar-refractivity contribution is 0.148. The van der Waals surface area contributed by atoms with Crippen molar-refractivity contribution in [2.45, 2.75) is 18.5 Å². The minimum Gasteiger partial charge on any atom is -0.454 e. The van der Waals surface area contributed by atoms with Crippen molar-refractivity contribution in [3.05, 3.63) is 59.2 Å². The standard InChI is InChI=1S/C21H18N2O4/c24-21-23-13(10-25-21)8-15-14-3-1-2-4-17(14)22-9-16(15)20(23)12-5-6-18-19(7-12)27-11-26-18/h1-7,13,20,22H,8-11H2. The van der Waals surface area contributed by atoms with Gasteiger partial charge in [0.25, 0.3) is 0 Å². The molecule has 0 aliphatic carbocycles. The average Bonchev–Trinajstić information content (AvgIpc) is 3.32. The highest BCUT2D eigenvalue weighted by molar-refractivity contribution is 5.86. The first-order valence-corrected chi connectivity index (χ1v) is 9.19. The molecule has 0 bridgehead atoms. The van der Waals surface area contributed by atoms with E-state index in [1.54, 1.807) is 0 Å². The summed E-state index contributed by atoms with van der Waals surface area (Å²) >= 11 is 0. The lowest BCUT2D eigenvalue weighted by Gasteiger charge is -2.41. The third kappa shape index (κ3) is 2.10. The number of benzene rings is 2. The first-order chi connectivity index (χ1) is 13.3. The van der Waals surface area contributed by atoms with Gasteiger partial charge in [-0.05, 0) is 41.3 Å². The van der Waals surface area contributed by atoms with Gasteiger partial charge in [0.15, 0.2) is 11.5 Å². The predicted molar refractivity (Wildman–Crippen MR) is 98.7 cm³/mol. The van der Waals surface area contributed by atoms with E-state index in [9.17, 15) is 4.79 Å². The van der Waals surface area contributed by atoms with Gasteiger partial charge >= 0.3 is 6.09 Å². The highest BCUT2D eigenvalue weighted by Crippen LogP contribution is 2.49. The Labute approximate surface area is 156 Å². The Bertz CT molecular complexity index is 999. The van der Waals surface area contributed by atoms with Gasteiger partial charge in [-0.3, -0.25) is 4.90 Å². The molecular weight excluding hydrogens is 344 g/mol. The van der Waals surface area contributed by atoms with Crippen LogP contribution < -0.4 is 14.8 Å². The molecule has 0 aromatic heterocycles. The molecule has 1 amide bonds. The van der Waals surface area contributed by atoms with Crippen LogP contribution in [-0.4, -0.2) is 37.0 Å². The Morgan fingerprint density at radius 1 is 1.04 bits per heavy atom. The number of para-hydroxylation sites is 1. The second-order valence-electron chi connectivity index (χ2n) is 7.26. The van der Waals surface area contributed by atoms with Crippen molar-refractivity contribution in [2.24, 2.45) is 0 Å². The highest BCUT2D eigenvalue weighted by Gasteiger charge is 2.46. The molecule has 27 heavy (non-hydrogen) atoms. The molecule has 6 nitrogen and oxygen atoms in total. The van der Waals surface area contributed by atoms with E-state index in [2.05, 4.69) is 23.5 Å². The van der Waals surface area contributed by atoms with Gasteiger partial charge in [0.2, 0.25) is 6.79 Å². The Hall–Kier alpha value is -3.15. The van der Waals surface area contributed by atoms with Crippen molar-refractivity contribution in [3.63, 3.8) is 0 Å². The summed E-state index contributed by atoms with van der Waals surface area (Å²) in [7, 11) is 0. The third-order valence-corrected chi connectivity index (χ3v) is 5.87. The molecule has 2 unspecified atom stereocenters. The van der Waals surface area contributed by atoms with Crippen molar-refractivity contribution < 1.29 is 19.0 Å². The van der Waals surface area contributed by atoms with Crippen LogP contribution in [0.1, 0.15) is 23.6 Å². The summed E-state index contributed by atoms with van der Waals surface area (Å²) < 4.78 is 16.4. The zero-order chi connectivity index (χ0) is 18.0. The van der Waals surface area contributed by atoms with Crippen LogP contribution in [0.5, 0.6) is 11.5 Å². The minimum atomic E-state index is -0.243. The molecule has 0 saturated carbocycles. The monoisotopic (exact) mass is 362 g/mol. The second kappa shape index (κ2) is 5.42. The van der Waals surface area contributed by atoms with Crippen LogP contribution in [0.25, 0.3) is 5.57 Å². The molecule has 4 aliphatic heterocycles. The fourth-order valence-electron chi connectivity index (χ4n) is 4.67. The number of rotatable bonds is 1. The van der Waals surface area contributed by atoms with E-state index < -0.39 is 0 Å². The normalized spacial score (nSPS) is 24.7. The zero-order valence-electron chi connectivity index (χ0n) is 14.6. The molecule has 2 aromatic rings. The summed E-state index contributed by atoms with van der Waals surface area (Å²) in [5.41, 5.74) is 5.95. The number of ether oxygens (including phenoxy) is 3. The largest absolute Gasteiger partial charge is 0.454 e. The number of amides is 1.